The van der Waals surface area contributed by atoms with Crippen molar-refractivity contribution in [1.82, 2.24) is 5.32 Å². The molecular formula is C21H26N2O2S. The first-order valence-electron chi connectivity index (χ1n) is 9.21. The van der Waals surface area contributed by atoms with E-state index in [0.717, 1.165) is 29.2 Å². The molecule has 0 amide bonds. The average Bonchev–Trinajstić information content (AvgIpc) is 2.67. The van der Waals surface area contributed by atoms with Crippen LogP contribution >= 0.6 is 12.2 Å². The van der Waals surface area contributed by atoms with Crippen molar-refractivity contribution in [2.45, 2.75) is 39.2 Å². The lowest BCUT2D eigenvalue weighted by molar-refractivity contribution is 0.171. The van der Waals surface area contributed by atoms with E-state index >= 15 is 0 Å². The van der Waals surface area contributed by atoms with Gasteiger partial charge in [-0.05, 0) is 67.4 Å². The van der Waals surface area contributed by atoms with Crippen LogP contribution in [0.25, 0.3) is 0 Å². The third-order valence-corrected chi connectivity index (χ3v) is 4.66. The maximum absolute atomic E-state index is 5.65. The summed E-state index contributed by atoms with van der Waals surface area (Å²) in [6.45, 7) is 5.48. The molecule has 1 aliphatic rings. The number of hydrogen-bond acceptors (Lipinski definition) is 3. The second-order valence-electron chi connectivity index (χ2n) is 6.52. The Labute approximate surface area is 160 Å². The summed E-state index contributed by atoms with van der Waals surface area (Å²) in [6, 6.07) is 14.5. The minimum Gasteiger partial charge on any atom is -0.486 e. The number of benzene rings is 2. The van der Waals surface area contributed by atoms with Gasteiger partial charge in [0.25, 0.3) is 0 Å². The topological polar surface area (TPSA) is 42.5 Å². The van der Waals surface area contributed by atoms with E-state index in [9.17, 15) is 0 Å². The fourth-order valence-electron chi connectivity index (χ4n) is 2.91. The molecule has 2 aromatic rings. The van der Waals surface area contributed by atoms with Gasteiger partial charge < -0.3 is 20.1 Å². The predicted molar refractivity (Wildman–Crippen MR) is 110 cm³/mol. The van der Waals surface area contributed by atoms with E-state index in [1.54, 1.807) is 0 Å². The van der Waals surface area contributed by atoms with E-state index in [-0.39, 0.29) is 6.04 Å². The number of hydrogen-bond donors (Lipinski definition) is 2. The molecule has 0 radical (unpaired) electrons. The second kappa shape index (κ2) is 8.90. The molecule has 1 atom stereocenters. The number of ether oxygens (including phenoxy) is 2. The highest BCUT2D eigenvalue weighted by Crippen LogP contribution is 2.32. The zero-order valence-electron chi connectivity index (χ0n) is 15.4. The summed E-state index contributed by atoms with van der Waals surface area (Å²) < 4.78 is 11.2. The fraction of sp³-hybridized carbons (Fsp3) is 0.381. The summed E-state index contributed by atoms with van der Waals surface area (Å²) in [5.41, 5.74) is 3.46. The molecule has 2 aromatic carbocycles. The van der Waals surface area contributed by atoms with Crippen molar-refractivity contribution >= 4 is 23.0 Å². The van der Waals surface area contributed by atoms with Crippen LogP contribution in [-0.2, 0) is 6.42 Å². The Kier molecular flexibility index (Phi) is 6.34. The summed E-state index contributed by atoms with van der Waals surface area (Å²) >= 11 is 5.46. The van der Waals surface area contributed by atoms with E-state index in [1.165, 1.54) is 18.4 Å². The molecule has 1 heterocycles. The van der Waals surface area contributed by atoms with Gasteiger partial charge in [-0.25, -0.2) is 0 Å². The van der Waals surface area contributed by atoms with Gasteiger partial charge >= 0.3 is 0 Å². The molecule has 0 unspecified atom stereocenters. The van der Waals surface area contributed by atoms with Crippen molar-refractivity contribution < 1.29 is 9.47 Å². The fourth-order valence-corrected chi connectivity index (χ4v) is 3.21. The highest BCUT2D eigenvalue weighted by Gasteiger charge is 2.15. The molecule has 0 spiro atoms. The first kappa shape index (κ1) is 18.5. The Balaban J connectivity index is 1.55. The van der Waals surface area contributed by atoms with Gasteiger partial charge in [0.05, 0.1) is 6.04 Å². The molecule has 2 N–H and O–H groups in total. The molecule has 4 nitrogen and oxygen atoms in total. The molecule has 0 aliphatic carbocycles. The summed E-state index contributed by atoms with van der Waals surface area (Å²) in [4.78, 5) is 0. The zero-order chi connectivity index (χ0) is 18.4. The Morgan fingerprint density at radius 2 is 1.81 bits per heavy atom. The van der Waals surface area contributed by atoms with Crippen molar-refractivity contribution in [2.24, 2.45) is 0 Å². The number of rotatable bonds is 6. The van der Waals surface area contributed by atoms with E-state index in [2.05, 4.69) is 48.7 Å². The summed E-state index contributed by atoms with van der Waals surface area (Å²) in [5, 5.41) is 7.18. The van der Waals surface area contributed by atoms with Crippen LogP contribution in [0.4, 0.5) is 5.69 Å². The van der Waals surface area contributed by atoms with Crippen molar-refractivity contribution in [2.75, 3.05) is 18.5 Å². The van der Waals surface area contributed by atoms with Crippen LogP contribution in [0.15, 0.2) is 42.5 Å². The molecule has 26 heavy (non-hydrogen) atoms. The van der Waals surface area contributed by atoms with Crippen molar-refractivity contribution in [1.29, 1.82) is 0 Å². The molecule has 0 saturated carbocycles. The van der Waals surface area contributed by atoms with Gasteiger partial charge in [-0.1, -0.05) is 31.5 Å². The summed E-state index contributed by atoms with van der Waals surface area (Å²) in [5.74, 6) is 1.60. The number of nitrogens with one attached hydrogen (secondary N) is 2. The Morgan fingerprint density at radius 1 is 1.08 bits per heavy atom. The monoisotopic (exact) mass is 370 g/mol. The number of aryl methyl sites for hydroxylation is 1. The minimum absolute atomic E-state index is 0.0645. The molecule has 3 rings (SSSR count). The Morgan fingerprint density at radius 3 is 2.54 bits per heavy atom. The molecule has 138 valence electrons. The van der Waals surface area contributed by atoms with Gasteiger partial charge in [-0.15, -0.1) is 0 Å². The number of fused-ring (bicyclic) bond motifs is 1. The largest absolute Gasteiger partial charge is 0.486 e. The van der Waals surface area contributed by atoms with Gasteiger partial charge in [0.2, 0.25) is 0 Å². The van der Waals surface area contributed by atoms with E-state index in [0.29, 0.717) is 18.3 Å². The smallest absolute Gasteiger partial charge is 0.171 e. The lowest BCUT2D eigenvalue weighted by Gasteiger charge is -2.22. The first-order valence-corrected chi connectivity index (χ1v) is 9.62. The molecule has 5 heteroatoms. The van der Waals surface area contributed by atoms with Crippen LogP contribution in [0, 0.1) is 0 Å². The van der Waals surface area contributed by atoms with E-state index in [1.807, 2.05) is 18.2 Å². The summed E-state index contributed by atoms with van der Waals surface area (Å²) in [7, 11) is 0. The van der Waals surface area contributed by atoms with Crippen LogP contribution in [-0.4, -0.2) is 18.3 Å². The average molecular weight is 371 g/mol. The maximum Gasteiger partial charge on any atom is 0.171 e. The van der Waals surface area contributed by atoms with E-state index in [4.69, 9.17) is 21.7 Å². The summed E-state index contributed by atoms with van der Waals surface area (Å²) in [6.07, 6.45) is 3.56. The van der Waals surface area contributed by atoms with Crippen LogP contribution < -0.4 is 20.1 Å². The number of anilines is 1. The van der Waals surface area contributed by atoms with Crippen LogP contribution in [0.2, 0.25) is 0 Å². The lowest BCUT2D eigenvalue weighted by atomic mass is 10.1. The first-order chi connectivity index (χ1) is 12.7. The van der Waals surface area contributed by atoms with Gasteiger partial charge in [0, 0.05) is 5.69 Å². The van der Waals surface area contributed by atoms with Gasteiger partial charge in [-0.3, -0.25) is 0 Å². The highest BCUT2D eigenvalue weighted by atomic mass is 32.1. The highest BCUT2D eigenvalue weighted by molar-refractivity contribution is 7.80. The van der Waals surface area contributed by atoms with E-state index < -0.39 is 0 Å². The third-order valence-electron chi connectivity index (χ3n) is 4.44. The number of unbranched alkanes of at least 4 members (excludes halogenated alkanes) is 1. The minimum atomic E-state index is 0.0645. The van der Waals surface area contributed by atoms with Gasteiger partial charge in [-0.2, -0.15) is 0 Å². The SMILES string of the molecule is CCCCc1ccc(NC(=S)N[C@@H](C)c2ccc3c(c2)OCCO3)cc1. The van der Waals surface area contributed by atoms with Crippen LogP contribution in [0.5, 0.6) is 11.5 Å². The molecule has 1 aliphatic heterocycles. The van der Waals surface area contributed by atoms with Crippen LogP contribution in [0.1, 0.15) is 43.9 Å². The zero-order valence-corrected chi connectivity index (χ0v) is 16.2. The lowest BCUT2D eigenvalue weighted by Crippen LogP contribution is -2.31. The Hall–Kier alpha value is -2.27. The van der Waals surface area contributed by atoms with Gasteiger partial charge in [0.1, 0.15) is 13.2 Å². The normalized spacial score (nSPS) is 13.8. The maximum atomic E-state index is 5.65. The molecule has 0 aromatic heterocycles. The van der Waals surface area contributed by atoms with Crippen LogP contribution in [0.3, 0.4) is 0 Å². The number of thiocarbonyl (C=S) groups is 1. The van der Waals surface area contributed by atoms with Crippen molar-refractivity contribution in [3.63, 3.8) is 0 Å². The van der Waals surface area contributed by atoms with Crippen molar-refractivity contribution in [3.8, 4) is 11.5 Å². The van der Waals surface area contributed by atoms with Gasteiger partial charge in [0.15, 0.2) is 16.6 Å². The van der Waals surface area contributed by atoms with Crippen molar-refractivity contribution in [3.05, 3.63) is 53.6 Å². The standard InChI is InChI=1S/C21H26N2O2S/c1-3-4-5-16-6-9-18(10-7-16)23-21(26)22-15(2)17-8-11-19-20(14-17)25-13-12-24-19/h6-11,14-15H,3-5,12-13H2,1-2H3,(H2,22,23,26)/t15-/m0/s1. The molecule has 0 fully saturated rings. The molecule has 0 saturated heterocycles. The third kappa shape index (κ3) is 4.88. The molecule has 0 bridgehead atoms. The predicted octanol–water partition coefficient (Wildman–Crippen LogP) is 4.85. The quantitative estimate of drug-likeness (QED) is 0.712. The Bertz CT molecular complexity index is 746. The second-order valence-corrected chi connectivity index (χ2v) is 6.93. The molecular weight excluding hydrogens is 344 g/mol.